The number of aryl methyl sites for hydroxylation is 1. The lowest BCUT2D eigenvalue weighted by Gasteiger charge is -2.41. The van der Waals surface area contributed by atoms with Gasteiger partial charge in [-0.1, -0.05) is 38.1 Å². The first-order valence-corrected chi connectivity index (χ1v) is 12.3. The molecular formula is C26H40N4O3. The third-order valence-corrected chi connectivity index (χ3v) is 7.46. The Morgan fingerprint density at radius 1 is 1.21 bits per heavy atom. The topological polar surface area (TPSA) is 73.0 Å². The lowest BCUT2D eigenvalue weighted by atomic mass is 9.73. The van der Waals surface area contributed by atoms with Gasteiger partial charge in [0.25, 0.3) is 5.91 Å². The van der Waals surface area contributed by atoms with Crippen LogP contribution in [0.4, 0.5) is 4.79 Å². The van der Waals surface area contributed by atoms with Gasteiger partial charge in [-0.15, -0.1) is 0 Å². The van der Waals surface area contributed by atoms with E-state index in [1.54, 1.807) is 0 Å². The molecule has 4 amide bonds. The van der Waals surface area contributed by atoms with Gasteiger partial charge in [0.15, 0.2) is 0 Å². The van der Waals surface area contributed by atoms with Gasteiger partial charge in [-0.05, 0) is 70.3 Å². The molecule has 0 bridgehead atoms. The van der Waals surface area contributed by atoms with Gasteiger partial charge in [0.05, 0.1) is 0 Å². The first-order valence-electron chi connectivity index (χ1n) is 12.3. The highest BCUT2D eigenvalue weighted by Gasteiger charge is 2.56. The number of carbonyl (C=O) groups is 3. The number of benzene rings is 1. The molecule has 0 aromatic heterocycles. The minimum absolute atomic E-state index is 0.00612. The number of carbonyl (C=O) groups excluding carboxylic acids is 3. The second-order valence-corrected chi connectivity index (χ2v) is 10.0. The number of amides is 4. The summed E-state index contributed by atoms with van der Waals surface area (Å²) in [6.07, 6.45) is 3.48. The Bertz CT molecular complexity index is 863. The Labute approximate surface area is 198 Å². The summed E-state index contributed by atoms with van der Waals surface area (Å²) >= 11 is 0. The largest absolute Gasteiger partial charge is 0.342 e. The summed E-state index contributed by atoms with van der Waals surface area (Å²) < 4.78 is 0. The fourth-order valence-electron chi connectivity index (χ4n) is 5.12. The molecular weight excluding hydrogens is 416 g/mol. The van der Waals surface area contributed by atoms with Crippen molar-refractivity contribution >= 4 is 17.8 Å². The fraction of sp³-hybridized carbons (Fsp3) is 0.654. The Morgan fingerprint density at radius 3 is 2.48 bits per heavy atom. The van der Waals surface area contributed by atoms with Gasteiger partial charge in [0, 0.05) is 32.0 Å². The number of nitrogens with one attached hydrogen (secondary N) is 1. The van der Waals surface area contributed by atoms with Gasteiger partial charge in [-0.2, -0.15) is 0 Å². The molecule has 0 spiro atoms. The van der Waals surface area contributed by atoms with Crippen molar-refractivity contribution in [2.75, 3.05) is 40.3 Å². The molecule has 2 atom stereocenters. The van der Waals surface area contributed by atoms with E-state index in [1.165, 1.54) is 4.90 Å². The Kier molecular flexibility index (Phi) is 8.16. The molecule has 3 rings (SSSR count). The minimum Gasteiger partial charge on any atom is -0.342 e. The van der Waals surface area contributed by atoms with Crippen LogP contribution < -0.4 is 5.32 Å². The second-order valence-electron chi connectivity index (χ2n) is 10.0. The lowest BCUT2D eigenvalue weighted by molar-refractivity contribution is -0.138. The smallest absolute Gasteiger partial charge is 0.325 e. The summed E-state index contributed by atoms with van der Waals surface area (Å²) in [5.41, 5.74) is 1.25. The molecule has 7 nitrogen and oxygen atoms in total. The summed E-state index contributed by atoms with van der Waals surface area (Å²) in [6, 6.07) is 7.79. The predicted molar refractivity (Wildman–Crippen MR) is 130 cm³/mol. The average Bonchev–Trinajstić information content (AvgIpc) is 3.04. The van der Waals surface area contributed by atoms with Gasteiger partial charge >= 0.3 is 6.03 Å². The zero-order valence-electron chi connectivity index (χ0n) is 20.9. The number of hydrogen-bond acceptors (Lipinski definition) is 4. The maximum Gasteiger partial charge on any atom is 0.325 e. The fourth-order valence-corrected chi connectivity index (χ4v) is 5.12. The van der Waals surface area contributed by atoms with E-state index in [2.05, 4.69) is 10.2 Å². The summed E-state index contributed by atoms with van der Waals surface area (Å²) in [7, 11) is 3.98. The van der Waals surface area contributed by atoms with Crippen LogP contribution >= 0.6 is 0 Å². The van der Waals surface area contributed by atoms with Gasteiger partial charge in [0.2, 0.25) is 5.91 Å². The van der Waals surface area contributed by atoms with E-state index < -0.39 is 5.54 Å². The summed E-state index contributed by atoms with van der Waals surface area (Å²) in [5.74, 6) is 0.0908. The number of hydrogen-bond donors (Lipinski definition) is 1. The van der Waals surface area contributed by atoms with Crippen molar-refractivity contribution in [2.24, 2.45) is 11.8 Å². The van der Waals surface area contributed by atoms with Crippen LogP contribution in [0.15, 0.2) is 24.3 Å². The quantitative estimate of drug-likeness (QED) is 0.580. The van der Waals surface area contributed by atoms with E-state index >= 15 is 0 Å². The number of imide groups is 1. The Balaban J connectivity index is 1.83. The maximum atomic E-state index is 13.8. The van der Waals surface area contributed by atoms with Crippen LogP contribution in [0.2, 0.25) is 0 Å². The molecule has 1 N–H and O–H groups in total. The van der Waals surface area contributed by atoms with Gasteiger partial charge in [0.1, 0.15) is 5.54 Å². The standard InChI is InChI=1S/C26H40N4O3/c1-6-19(2)23(31)29-16-12-22(13-17-29)26(18-21-11-8-7-10-20(21)3)24(32)30(25(33)27-26)15-9-14-28(4)5/h7-8,10-11,19,22H,6,9,12-18H2,1-5H3,(H,27,33)/t19-,26+/m0/s1. The van der Waals surface area contributed by atoms with Crippen LogP contribution in [0, 0.1) is 18.8 Å². The van der Waals surface area contributed by atoms with E-state index in [4.69, 9.17) is 0 Å². The van der Waals surface area contributed by atoms with E-state index in [-0.39, 0.29) is 29.7 Å². The van der Waals surface area contributed by atoms with Crippen molar-refractivity contribution in [2.45, 2.75) is 58.4 Å². The molecule has 2 saturated heterocycles. The minimum atomic E-state index is -0.952. The number of urea groups is 1. The summed E-state index contributed by atoms with van der Waals surface area (Å²) in [5, 5.41) is 3.15. The normalized spacial score (nSPS) is 22.7. The molecule has 0 unspecified atom stereocenters. The van der Waals surface area contributed by atoms with Crippen LogP contribution in [0.5, 0.6) is 0 Å². The highest BCUT2D eigenvalue weighted by molar-refractivity contribution is 6.07. The van der Waals surface area contributed by atoms with Crippen molar-refractivity contribution in [3.63, 3.8) is 0 Å². The van der Waals surface area contributed by atoms with E-state index in [0.29, 0.717) is 38.9 Å². The highest BCUT2D eigenvalue weighted by Crippen LogP contribution is 2.37. The summed E-state index contributed by atoms with van der Waals surface area (Å²) in [6.45, 7) is 8.55. The zero-order chi connectivity index (χ0) is 24.2. The lowest BCUT2D eigenvalue weighted by Crippen LogP contribution is -2.58. The Hall–Kier alpha value is -2.41. The number of rotatable bonds is 9. The molecule has 2 fully saturated rings. The maximum absolute atomic E-state index is 13.8. The molecule has 2 aliphatic rings. The number of piperidine rings is 1. The first-order chi connectivity index (χ1) is 15.7. The van der Waals surface area contributed by atoms with Gasteiger partial charge in [-0.25, -0.2) is 4.79 Å². The van der Waals surface area contributed by atoms with Gasteiger partial charge in [-0.3, -0.25) is 14.5 Å². The van der Waals surface area contributed by atoms with Crippen molar-refractivity contribution in [3.05, 3.63) is 35.4 Å². The summed E-state index contributed by atoms with van der Waals surface area (Å²) in [4.78, 5) is 45.0. The number of nitrogens with zero attached hydrogens (tertiary/aromatic N) is 3. The molecule has 182 valence electrons. The third kappa shape index (κ3) is 5.40. The van der Waals surface area contributed by atoms with Crippen LogP contribution in [-0.4, -0.2) is 78.4 Å². The molecule has 1 aromatic carbocycles. The second kappa shape index (κ2) is 10.7. The Morgan fingerprint density at radius 2 is 1.88 bits per heavy atom. The van der Waals surface area contributed by atoms with Crippen molar-refractivity contribution in [1.82, 2.24) is 20.0 Å². The van der Waals surface area contributed by atoms with Crippen LogP contribution in [-0.2, 0) is 16.0 Å². The molecule has 0 radical (unpaired) electrons. The van der Waals surface area contributed by atoms with Gasteiger partial charge < -0.3 is 15.1 Å². The molecule has 7 heteroatoms. The SMILES string of the molecule is CC[C@H](C)C(=O)N1CCC([C@@]2(Cc3ccccc3C)NC(=O)N(CCCN(C)C)C2=O)CC1. The third-order valence-electron chi connectivity index (χ3n) is 7.46. The molecule has 1 aromatic rings. The number of likely N-dealkylation sites (tertiary alicyclic amines) is 1. The molecule has 0 aliphatic carbocycles. The average molecular weight is 457 g/mol. The highest BCUT2D eigenvalue weighted by atomic mass is 16.2. The van der Waals surface area contributed by atoms with Crippen molar-refractivity contribution in [3.8, 4) is 0 Å². The first kappa shape index (κ1) is 25.2. The predicted octanol–water partition coefficient (Wildman–Crippen LogP) is 3.06. The van der Waals surface area contributed by atoms with Crippen molar-refractivity contribution in [1.29, 1.82) is 0 Å². The molecule has 2 heterocycles. The van der Waals surface area contributed by atoms with Crippen LogP contribution in [0.25, 0.3) is 0 Å². The zero-order valence-corrected chi connectivity index (χ0v) is 20.9. The van der Waals surface area contributed by atoms with E-state index in [9.17, 15) is 14.4 Å². The van der Waals surface area contributed by atoms with Crippen LogP contribution in [0.3, 0.4) is 0 Å². The van der Waals surface area contributed by atoms with Crippen LogP contribution in [0.1, 0.15) is 50.7 Å². The van der Waals surface area contributed by atoms with E-state index in [1.807, 2.05) is 64.0 Å². The molecule has 2 aliphatic heterocycles. The van der Waals surface area contributed by atoms with Crippen molar-refractivity contribution < 1.29 is 14.4 Å². The molecule has 0 saturated carbocycles. The monoisotopic (exact) mass is 456 g/mol. The molecule has 33 heavy (non-hydrogen) atoms. The van der Waals surface area contributed by atoms with E-state index in [0.717, 1.165) is 30.5 Å².